The maximum absolute atomic E-state index is 12.3. The lowest BCUT2D eigenvalue weighted by Crippen LogP contribution is -2.56. The second-order valence-electron chi connectivity index (χ2n) is 4.21. The molecule has 0 saturated carbocycles. The fourth-order valence-electron chi connectivity index (χ4n) is 1.88. The number of halogens is 1. The lowest BCUT2D eigenvalue weighted by Gasteiger charge is -2.31. The highest BCUT2D eigenvalue weighted by molar-refractivity contribution is 9.10. The summed E-state index contributed by atoms with van der Waals surface area (Å²) in [6.45, 7) is 3.75. The number of oxime groups is 1. The van der Waals surface area contributed by atoms with Gasteiger partial charge in [0.25, 0.3) is 5.91 Å². The summed E-state index contributed by atoms with van der Waals surface area (Å²) in [5.41, 5.74) is 5.39. The average Bonchev–Trinajstić information content (AvgIpc) is 2.44. The van der Waals surface area contributed by atoms with Crippen molar-refractivity contribution < 1.29 is 10.0 Å². The van der Waals surface area contributed by atoms with Crippen LogP contribution in [0.1, 0.15) is 37.0 Å². The topological polar surface area (TPSA) is 87.7 Å². The van der Waals surface area contributed by atoms with Crippen molar-refractivity contribution >= 4 is 27.7 Å². The van der Waals surface area contributed by atoms with Crippen molar-refractivity contribution in [1.82, 2.24) is 5.32 Å². The normalized spacial score (nSPS) is 12.3. The zero-order valence-electron chi connectivity index (χ0n) is 11.0. The van der Waals surface area contributed by atoms with Crippen molar-refractivity contribution in [3.63, 3.8) is 0 Å². The Balaban J connectivity index is 3.05. The molecule has 0 bridgehead atoms. The van der Waals surface area contributed by atoms with Gasteiger partial charge < -0.3 is 16.3 Å². The molecule has 0 atom stereocenters. The number of hydrogen-bond donors (Lipinski definition) is 3. The van der Waals surface area contributed by atoms with E-state index in [-0.39, 0.29) is 11.7 Å². The molecule has 0 spiro atoms. The van der Waals surface area contributed by atoms with E-state index in [0.29, 0.717) is 22.9 Å². The number of nitrogens with zero attached hydrogens (tertiary/aromatic N) is 1. The molecular formula is C13H18BrN3O2. The molecule has 1 aromatic carbocycles. The summed E-state index contributed by atoms with van der Waals surface area (Å²) in [6.07, 6.45) is 1.07. The summed E-state index contributed by atoms with van der Waals surface area (Å²) in [6, 6.07) is 7.11. The number of nitrogens with two attached hydrogens (primary N) is 1. The van der Waals surface area contributed by atoms with Gasteiger partial charge in [0.1, 0.15) is 5.54 Å². The van der Waals surface area contributed by atoms with Crippen LogP contribution in [0.5, 0.6) is 0 Å². The van der Waals surface area contributed by atoms with E-state index in [0.717, 1.165) is 0 Å². The molecule has 0 heterocycles. The van der Waals surface area contributed by atoms with Gasteiger partial charge in [0.05, 0.1) is 5.56 Å². The summed E-state index contributed by atoms with van der Waals surface area (Å²) >= 11 is 3.33. The van der Waals surface area contributed by atoms with Gasteiger partial charge >= 0.3 is 0 Å². The number of nitrogens with one attached hydrogen (secondary N) is 1. The van der Waals surface area contributed by atoms with Crippen molar-refractivity contribution in [2.45, 2.75) is 32.2 Å². The van der Waals surface area contributed by atoms with Crippen LogP contribution in [0.4, 0.5) is 0 Å². The maximum atomic E-state index is 12.3. The molecule has 4 N–H and O–H groups in total. The summed E-state index contributed by atoms with van der Waals surface area (Å²) in [5.74, 6) is -0.249. The summed E-state index contributed by atoms with van der Waals surface area (Å²) < 4.78 is 0.702. The Hall–Kier alpha value is -1.56. The van der Waals surface area contributed by atoms with Crippen molar-refractivity contribution in [2.75, 3.05) is 0 Å². The third-order valence-electron chi connectivity index (χ3n) is 3.28. The molecule has 0 aliphatic rings. The number of amidine groups is 1. The minimum Gasteiger partial charge on any atom is -0.409 e. The van der Waals surface area contributed by atoms with E-state index in [1.807, 2.05) is 19.9 Å². The average molecular weight is 328 g/mol. The summed E-state index contributed by atoms with van der Waals surface area (Å²) in [4.78, 5) is 12.3. The van der Waals surface area contributed by atoms with E-state index in [1.54, 1.807) is 18.2 Å². The Bertz CT molecular complexity index is 485. The van der Waals surface area contributed by atoms with Gasteiger partial charge in [-0.25, -0.2) is 0 Å². The Morgan fingerprint density at radius 3 is 2.47 bits per heavy atom. The van der Waals surface area contributed by atoms with Crippen molar-refractivity contribution in [2.24, 2.45) is 10.9 Å². The zero-order valence-corrected chi connectivity index (χ0v) is 12.6. The van der Waals surface area contributed by atoms with Crippen LogP contribution in [0.25, 0.3) is 0 Å². The van der Waals surface area contributed by atoms with Gasteiger partial charge in [-0.05, 0) is 40.9 Å². The van der Waals surface area contributed by atoms with E-state index in [4.69, 9.17) is 10.9 Å². The van der Waals surface area contributed by atoms with Crippen molar-refractivity contribution in [1.29, 1.82) is 0 Å². The fourth-order valence-corrected chi connectivity index (χ4v) is 2.34. The fraction of sp³-hybridized carbons (Fsp3) is 0.385. The van der Waals surface area contributed by atoms with E-state index in [2.05, 4.69) is 26.4 Å². The first-order chi connectivity index (χ1) is 9.00. The molecule has 1 aromatic rings. The lowest BCUT2D eigenvalue weighted by molar-refractivity contribution is 0.0917. The maximum Gasteiger partial charge on any atom is 0.253 e. The van der Waals surface area contributed by atoms with Gasteiger partial charge in [0, 0.05) is 4.47 Å². The summed E-state index contributed by atoms with van der Waals surface area (Å²) in [5, 5.41) is 14.8. The number of amides is 1. The van der Waals surface area contributed by atoms with Gasteiger partial charge in [0.15, 0.2) is 5.84 Å². The molecule has 0 radical (unpaired) electrons. The molecule has 0 aromatic heterocycles. The standard InChI is InChI=1S/C13H18BrN3O2/c1-3-13(4-2,12(15)17-19)16-11(18)9-7-5-6-8-10(9)14/h5-8,19H,3-4H2,1-2H3,(H2,15,17)(H,16,18). The first kappa shape index (κ1) is 15.5. The third kappa shape index (κ3) is 3.26. The molecule has 0 aliphatic heterocycles. The van der Waals surface area contributed by atoms with Gasteiger partial charge in [0.2, 0.25) is 0 Å². The molecule has 0 aliphatic carbocycles. The second-order valence-corrected chi connectivity index (χ2v) is 5.06. The second kappa shape index (κ2) is 6.56. The smallest absolute Gasteiger partial charge is 0.253 e. The van der Waals surface area contributed by atoms with Gasteiger partial charge in [-0.1, -0.05) is 31.1 Å². The zero-order chi connectivity index (χ0) is 14.5. The van der Waals surface area contributed by atoms with Crippen LogP contribution in [0.15, 0.2) is 33.9 Å². The minimum absolute atomic E-state index is 0.0119. The predicted molar refractivity (Wildman–Crippen MR) is 78.3 cm³/mol. The molecule has 19 heavy (non-hydrogen) atoms. The van der Waals surface area contributed by atoms with Crippen LogP contribution in [-0.2, 0) is 0 Å². The number of benzene rings is 1. The lowest BCUT2D eigenvalue weighted by atomic mass is 9.91. The molecular weight excluding hydrogens is 310 g/mol. The molecule has 1 rings (SSSR count). The highest BCUT2D eigenvalue weighted by atomic mass is 79.9. The van der Waals surface area contributed by atoms with Crippen LogP contribution in [0, 0.1) is 0 Å². The molecule has 6 heteroatoms. The van der Waals surface area contributed by atoms with Gasteiger partial charge in [-0.15, -0.1) is 0 Å². The Morgan fingerprint density at radius 1 is 1.42 bits per heavy atom. The molecule has 0 fully saturated rings. The Kier molecular flexibility index (Phi) is 5.35. The van der Waals surface area contributed by atoms with Crippen LogP contribution >= 0.6 is 15.9 Å². The predicted octanol–water partition coefficient (Wildman–Crippen LogP) is 2.48. The van der Waals surface area contributed by atoms with E-state index < -0.39 is 5.54 Å². The van der Waals surface area contributed by atoms with Crippen LogP contribution in [0.2, 0.25) is 0 Å². The number of rotatable bonds is 5. The van der Waals surface area contributed by atoms with Gasteiger partial charge in [-0.3, -0.25) is 4.79 Å². The van der Waals surface area contributed by atoms with Crippen molar-refractivity contribution in [3.05, 3.63) is 34.3 Å². The van der Waals surface area contributed by atoms with Crippen LogP contribution in [-0.4, -0.2) is 22.5 Å². The van der Waals surface area contributed by atoms with Crippen LogP contribution in [0.3, 0.4) is 0 Å². The van der Waals surface area contributed by atoms with Gasteiger partial charge in [-0.2, -0.15) is 0 Å². The van der Waals surface area contributed by atoms with Crippen molar-refractivity contribution in [3.8, 4) is 0 Å². The Labute approximate surface area is 121 Å². The van der Waals surface area contributed by atoms with Crippen LogP contribution < -0.4 is 11.1 Å². The molecule has 1 amide bonds. The number of hydrogen-bond acceptors (Lipinski definition) is 3. The first-order valence-corrected chi connectivity index (χ1v) is 6.85. The molecule has 0 unspecified atom stereocenters. The highest BCUT2D eigenvalue weighted by Crippen LogP contribution is 2.20. The highest BCUT2D eigenvalue weighted by Gasteiger charge is 2.33. The van der Waals surface area contributed by atoms with E-state index in [1.165, 1.54) is 0 Å². The molecule has 0 saturated heterocycles. The number of carbonyl (C=O) groups is 1. The summed E-state index contributed by atoms with van der Waals surface area (Å²) in [7, 11) is 0. The SMILES string of the molecule is CCC(CC)(NC(=O)c1ccccc1Br)/C(N)=N/O. The Morgan fingerprint density at radius 2 is 2.00 bits per heavy atom. The molecule has 104 valence electrons. The number of carbonyl (C=O) groups excluding carboxylic acids is 1. The minimum atomic E-state index is -0.832. The third-order valence-corrected chi connectivity index (χ3v) is 3.97. The van der Waals surface area contributed by atoms with E-state index >= 15 is 0 Å². The van der Waals surface area contributed by atoms with E-state index in [9.17, 15) is 4.79 Å². The molecule has 5 nitrogen and oxygen atoms in total. The quantitative estimate of drug-likeness (QED) is 0.336. The first-order valence-electron chi connectivity index (χ1n) is 6.05. The largest absolute Gasteiger partial charge is 0.409 e. The monoisotopic (exact) mass is 327 g/mol.